The van der Waals surface area contributed by atoms with Gasteiger partial charge < -0.3 is 10.4 Å². The largest absolute Gasteiger partial charge is 0.389 e. The molecule has 1 amide bonds. The Morgan fingerprint density at radius 1 is 1.16 bits per heavy atom. The first-order valence-corrected chi connectivity index (χ1v) is 8.29. The van der Waals surface area contributed by atoms with Crippen LogP contribution >= 0.6 is 0 Å². The van der Waals surface area contributed by atoms with Gasteiger partial charge >= 0.3 is 0 Å². The molecule has 0 aliphatic carbocycles. The summed E-state index contributed by atoms with van der Waals surface area (Å²) in [6, 6.07) is 17.1. The van der Waals surface area contributed by atoms with E-state index in [1.54, 1.807) is 23.9 Å². The first kappa shape index (κ1) is 16.9. The predicted octanol–water partition coefficient (Wildman–Crippen LogP) is 3.50. The molecule has 0 radical (unpaired) electrons. The molecule has 0 aliphatic rings. The fraction of sp³-hybridized carbons (Fsp3) is 0.200. The molecule has 5 nitrogen and oxygen atoms in total. The summed E-state index contributed by atoms with van der Waals surface area (Å²) in [7, 11) is 0. The monoisotopic (exact) mass is 335 g/mol. The number of benzene rings is 2. The predicted molar refractivity (Wildman–Crippen MR) is 97.6 cm³/mol. The molecule has 0 spiro atoms. The molecule has 2 aromatic carbocycles. The molecule has 0 bridgehead atoms. The minimum Gasteiger partial charge on any atom is -0.389 e. The van der Waals surface area contributed by atoms with Crippen molar-refractivity contribution < 1.29 is 9.90 Å². The highest BCUT2D eigenvalue weighted by atomic mass is 16.3. The van der Waals surface area contributed by atoms with Crippen molar-refractivity contribution in [3.63, 3.8) is 0 Å². The van der Waals surface area contributed by atoms with Crippen molar-refractivity contribution in [3.05, 3.63) is 78.1 Å². The zero-order chi connectivity index (χ0) is 17.6. The maximum absolute atomic E-state index is 12.2. The average Bonchev–Trinajstić information content (AvgIpc) is 3.10. The Labute approximate surface area is 146 Å². The second-order valence-electron chi connectivity index (χ2n) is 5.94. The van der Waals surface area contributed by atoms with E-state index in [1.165, 1.54) is 0 Å². The lowest BCUT2D eigenvalue weighted by Crippen LogP contribution is -2.14. The Morgan fingerprint density at radius 2 is 1.88 bits per heavy atom. The normalized spacial score (nSPS) is 11.9. The van der Waals surface area contributed by atoms with Crippen molar-refractivity contribution in [1.82, 2.24) is 9.78 Å². The molecule has 5 heteroatoms. The summed E-state index contributed by atoms with van der Waals surface area (Å²) in [5, 5.41) is 17.0. The van der Waals surface area contributed by atoms with Gasteiger partial charge in [0.15, 0.2) is 0 Å². The minimum atomic E-state index is -0.624. The third kappa shape index (κ3) is 4.33. The number of carbonyl (C=O) groups is 1. The number of nitrogens with zero attached hydrogens (tertiary/aromatic N) is 2. The number of aromatic nitrogens is 2. The zero-order valence-corrected chi connectivity index (χ0v) is 14.1. The van der Waals surface area contributed by atoms with Crippen molar-refractivity contribution in [2.24, 2.45) is 0 Å². The molecule has 128 valence electrons. The van der Waals surface area contributed by atoms with E-state index >= 15 is 0 Å². The molecule has 1 heterocycles. The van der Waals surface area contributed by atoms with Gasteiger partial charge in [-0.05, 0) is 37.1 Å². The van der Waals surface area contributed by atoms with Crippen molar-refractivity contribution in [2.45, 2.75) is 25.9 Å². The number of rotatable bonds is 6. The van der Waals surface area contributed by atoms with Gasteiger partial charge in [-0.3, -0.25) is 4.79 Å². The molecule has 0 saturated heterocycles. The van der Waals surface area contributed by atoms with Crippen LogP contribution in [-0.4, -0.2) is 20.8 Å². The molecular weight excluding hydrogens is 314 g/mol. The first-order chi connectivity index (χ1) is 12.1. The molecule has 0 fully saturated rings. The quantitative estimate of drug-likeness (QED) is 0.724. The average molecular weight is 335 g/mol. The smallest absolute Gasteiger partial charge is 0.224 e. The molecule has 2 N–H and O–H groups in total. The maximum Gasteiger partial charge on any atom is 0.224 e. The summed E-state index contributed by atoms with van der Waals surface area (Å²) < 4.78 is 1.80. The second-order valence-corrected chi connectivity index (χ2v) is 5.94. The Morgan fingerprint density at radius 3 is 2.64 bits per heavy atom. The highest BCUT2D eigenvalue weighted by molar-refractivity contribution is 5.91. The van der Waals surface area contributed by atoms with Crippen molar-refractivity contribution in [1.29, 1.82) is 0 Å². The summed E-state index contributed by atoms with van der Waals surface area (Å²) in [6.45, 7) is 1.68. The van der Waals surface area contributed by atoms with Crippen LogP contribution in [0.4, 0.5) is 5.69 Å². The van der Waals surface area contributed by atoms with Crippen LogP contribution in [0.5, 0.6) is 0 Å². The number of aliphatic hydroxyl groups excluding tert-OH is 1. The summed E-state index contributed by atoms with van der Waals surface area (Å²) in [4.78, 5) is 12.2. The van der Waals surface area contributed by atoms with Gasteiger partial charge in [0.05, 0.1) is 18.0 Å². The van der Waals surface area contributed by atoms with Gasteiger partial charge in [0, 0.05) is 23.9 Å². The molecule has 0 saturated carbocycles. The Hall–Kier alpha value is -2.92. The highest BCUT2D eigenvalue weighted by Crippen LogP contribution is 2.22. The molecule has 1 unspecified atom stereocenters. The summed E-state index contributed by atoms with van der Waals surface area (Å²) in [5.41, 5.74) is 3.36. The van der Waals surface area contributed by atoms with E-state index < -0.39 is 6.10 Å². The van der Waals surface area contributed by atoms with E-state index in [1.807, 2.05) is 54.7 Å². The zero-order valence-electron chi connectivity index (χ0n) is 14.1. The fourth-order valence-corrected chi connectivity index (χ4v) is 2.66. The van der Waals surface area contributed by atoms with Gasteiger partial charge in [0.1, 0.15) is 0 Å². The molecule has 3 rings (SSSR count). The summed E-state index contributed by atoms with van der Waals surface area (Å²) >= 11 is 0. The molecule has 1 atom stereocenters. The lowest BCUT2D eigenvalue weighted by molar-refractivity contribution is -0.116. The summed E-state index contributed by atoms with van der Waals surface area (Å²) in [5.74, 6) is -0.0828. The third-order valence-corrected chi connectivity index (χ3v) is 3.98. The number of hydrogen-bond acceptors (Lipinski definition) is 3. The van der Waals surface area contributed by atoms with Crippen LogP contribution in [0.1, 0.15) is 30.6 Å². The molecule has 1 aromatic heterocycles. The summed E-state index contributed by atoms with van der Waals surface area (Å²) in [6.07, 6.45) is 4.06. The topological polar surface area (TPSA) is 67.2 Å². The molecule has 25 heavy (non-hydrogen) atoms. The second kappa shape index (κ2) is 7.77. The van der Waals surface area contributed by atoms with Crippen molar-refractivity contribution in [2.75, 3.05) is 5.32 Å². The SMILES string of the molecule is CC(O)c1ccccc1NC(=O)CCc1cnn(-c2ccccc2)c1. The lowest BCUT2D eigenvalue weighted by Gasteiger charge is -2.12. The number of carbonyl (C=O) groups excluding carboxylic acids is 1. The van der Waals surface area contributed by atoms with Gasteiger partial charge in [-0.25, -0.2) is 4.68 Å². The van der Waals surface area contributed by atoms with Gasteiger partial charge in [0.2, 0.25) is 5.91 Å². The number of amides is 1. The fourth-order valence-electron chi connectivity index (χ4n) is 2.66. The van der Waals surface area contributed by atoms with Crippen molar-refractivity contribution >= 4 is 11.6 Å². The number of aliphatic hydroxyl groups is 1. The first-order valence-electron chi connectivity index (χ1n) is 8.29. The van der Waals surface area contributed by atoms with Crippen LogP contribution in [0, 0.1) is 0 Å². The van der Waals surface area contributed by atoms with Crippen LogP contribution in [0.25, 0.3) is 5.69 Å². The van der Waals surface area contributed by atoms with Crippen LogP contribution in [0.15, 0.2) is 67.0 Å². The van der Waals surface area contributed by atoms with E-state index in [0.29, 0.717) is 24.1 Å². The van der Waals surface area contributed by atoms with E-state index in [9.17, 15) is 9.90 Å². The lowest BCUT2D eigenvalue weighted by atomic mass is 10.1. The van der Waals surface area contributed by atoms with E-state index in [2.05, 4.69) is 10.4 Å². The van der Waals surface area contributed by atoms with Gasteiger partial charge in [0.25, 0.3) is 0 Å². The van der Waals surface area contributed by atoms with E-state index in [-0.39, 0.29) is 5.91 Å². The minimum absolute atomic E-state index is 0.0828. The number of nitrogens with one attached hydrogen (secondary N) is 1. The van der Waals surface area contributed by atoms with Crippen LogP contribution < -0.4 is 5.32 Å². The van der Waals surface area contributed by atoms with E-state index in [0.717, 1.165) is 11.3 Å². The molecule has 0 aliphatic heterocycles. The third-order valence-electron chi connectivity index (χ3n) is 3.98. The Kier molecular flexibility index (Phi) is 5.26. The standard InChI is InChI=1S/C20H21N3O2/c1-15(24)18-9-5-6-10-19(18)22-20(25)12-11-16-13-21-23(14-16)17-7-3-2-4-8-17/h2-10,13-15,24H,11-12H2,1H3,(H,22,25). The van der Waals surface area contributed by atoms with Crippen LogP contribution in [-0.2, 0) is 11.2 Å². The maximum atomic E-state index is 12.2. The highest BCUT2D eigenvalue weighted by Gasteiger charge is 2.10. The number of hydrogen-bond donors (Lipinski definition) is 2. The molecule has 3 aromatic rings. The van der Waals surface area contributed by atoms with Crippen LogP contribution in [0.2, 0.25) is 0 Å². The van der Waals surface area contributed by atoms with Crippen molar-refractivity contribution in [3.8, 4) is 5.69 Å². The Balaban J connectivity index is 1.59. The Bertz CT molecular complexity index is 841. The van der Waals surface area contributed by atoms with Gasteiger partial charge in [-0.2, -0.15) is 5.10 Å². The van der Waals surface area contributed by atoms with Gasteiger partial charge in [-0.15, -0.1) is 0 Å². The number of anilines is 1. The van der Waals surface area contributed by atoms with Crippen LogP contribution in [0.3, 0.4) is 0 Å². The van der Waals surface area contributed by atoms with Gasteiger partial charge in [-0.1, -0.05) is 36.4 Å². The van der Waals surface area contributed by atoms with E-state index in [4.69, 9.17) is 0 Å². The number of aryl methyl sites for hydroxylation is 1. The number of para-hydroxylation sites is 2. The molecular formula is C20H21N3O2.